The topological polar surface area (TPSA) is 73.9 Å². The summed E-state index contributed by atoms with van der Waals surface area (Å²) in [6, 6.07) is 5.13. The van der Waals surface area contributed by atoms with Gasteiger partial charge in [0.05, 0.1) is 17.5 Å². The van der Waals surface area contributed by atoms with Crippen LogP contribution in [0.3, 0.4) is 0 Å². The van der Waals surface area contributed by atoms with Crippen molar-refractivity contribution in [3.63, 3.8) is 0 Å². The summed E-state index contributed by atoms with van der Waals surface area (Å²) in [7, 11) is 0. The van der Waals surface area contributed by atoms with Crippen molar-refractivity contribution < 1.29 is 18.0 Å². The molecule has 0 aliphatic carbocycles. The van der Waals surface area contributed by atoms with Crippen LogP contribution >= 0.6 is 11.6 Å². The third-order valence-corrected chi connectivity index (χ3v) is 5.60. The Labute approximate surface area is 181 Å². The average Bonchev–Trinajstić information content (AvgIpc) is 3.20. The molecule has 1 aliphatic heterocycles. The minimum absolute atomic E-state index is 0.0337. The van der Waals surface area contributed by atoms with Gasteiger partial charge in [-0.3, -0.25) is 4.79 Å². The van der Waals surface area contributed by atoms with Crippen molar-refractivity contribution in [2.24, 2.45) is 5.92 Å². The second-order valence-electron chi connectivity index (χ2n) is 7.71. The lowest BCUT2D eigenvalue weighted by molar-refractivity contribution is -0.137. The molecule has 2 N–H and O–H groups in total. The first-order chi connectivity index (χ1) is 14.8. The zero-order chi connectivity index (χ0) is 22.0. The molecule has 1 saturated heterocycles. The molecule has 0 saturated carbocycles. The minimum atomic E-state index is -4.50. The van der Waals surface area contributed by atoms with E-state index in [2.05, 4.69) is 25.2 Å². The molecule has 3 aromatic rings. The highest BCUT2D eigenvalue weighted by molar-refractivity contribution is 6.31. The van der Waals surface area contributed by atoms with Crippen LogP contribution in [-0.2, 0) is 11.0 Å². The van der Waals surface area contributed by atoms with E-state index < -0.39 is 11.7 Å². The van der Waals surface area contributed by atoms with Gasteiger partial charge in [-0.2, -0.15) is 13.2 Å². The van der Waals surface area contributed by atoms with Crippen LogP contribution < -0.4 is 10.2 Å². The van der Waals surface area contributed by atoms with Crippen molar-refractivity contribution in [2.75, 3.05) is 29.9 Å². The molecule has 0 radical (unpaired) electrons. The predicted octanol–water partition coefficient (Wildman–Crippen LogP) is 4.92. The molecule has 31 heavy (non-hydrogen) atoms. The summed E-state index contributed by atoms with van der Waals surface area (Å²) in [5.74, 6) is 0.937. The van der Waals surface area contributed by atoms with Gasteiger partial charge in [-0.15, -0.1) is 0 Å². The summed E-state index contributed by atoms with van der Waals surface area (Å²) < 4.78 is 38.8. The molecule has 2 aromatic heterocycles. The molecule has 1 fully saturated rings. The van der Waals surface area contributed by atoms with Crippen LogP contribution in [0, 0.1) is 5.92 Å². The number of nitrogens with zero attached hydrogens (tertiary/aromatic N) is 3. The van der Waals surface area contributed by atoms with Gasteiger partial charge in [0.15, 0.2) is 5.78 Å². The van der Waals surface area contributed by atoms with E-state index in [1.54, 1.807) is 0 Å². The van der Waals surface area contributed by atoms with Crippen LogP contribution in [0.5, 0.6) is 0 Å². The molecule has 0 unspecified atom stereocenters. The first-order valence-electron chi connectivity index (χ1n) is 9.96. The smallest absolute Gasteiger partial charge is 0.378 e. The number of alkyl halides is 3. The number of benzene rings is 1. The number of aromatic nitrogens is 3. The van der Waals surface area contributed by atoms with Crippen LogP contribution in [0.1, 0.15) is 24.8 Å². The second-order valence-corrected chi connectivity index (χ2v) is 8.15. The number of ketones is 1. The Morgan fingerprint density at radius 2 is 2.13 bits per heavy atom. The van der Waals surface area contributed by atoms with Crippen LogP contribution in [0.2, 0.25) is 5.02 Å². The molecule has 0 spiro atoms. The number of Topliss-reactive ketones (excluding diaryl/α,β-unsaturated/α-hetero) is 1. The number of H-pyrrole nitrogens is 1. The van der Waals surface area contributed by atoms with Crippen molar-refractivity contribution in [3.8, 4) is 0 Å². The van der Waals surface area contributed by atoms with Gasteiger partial charge in [-0.25, -0.2) is 9.97 Å². The van der Waals surface area contributed by atoms with Gasteiger partial charge in [0.1, 0.15) is 17.8 Å². The molecule has 1 aromatic carbocycles. The second kappa shape index (κ2) is 8.74. The average molecular weight is 452 g/mol. The molecule has 6 nitrogen and oxygen atoms in total. The number of hydrogen-bond donors (Lipinski definition) is 2. The Hall–Kier alpha value is -2.81. The van der Waals surface area contributed by atoms with E-state index in [0.717, 1.165) is 48.4 Å². The summed E-state index contributed by atoms with van der Waals surface area (Å²) in [4.78, 5) is 26.4. The number of halogens is 4. The highest BCUT2D eigenvalue weighted by atomic mass is 35.5. The van der Waals surface area contributed by atoms with E-state index in [0.29, 0.717) is 13.0 Å². The van der Waals surface area contributed by atoms with E-state index >= 15 is 0 Å². The number of anilines is 2. The lowest BCUT2D eigenvalue weighted by Crippen LogP contribution is -2.37. The van der Waals surface area contributed by atoms with Gasteiger partial charge in [0.25, 0.3) is 0 Å². The normalized spacial score (nSPS) is 17.2. The lowest BCUT2D eigenvalue weighted by Gasteiger charge is -2.33. The standard InChI is InChI=1S/C21H21ClF3N5O/c22-15-7-14(21(23,24)25)8-16(9-15)27-10-17(31)6-13-2-1-5-30(11-13)20-18-3-4-26-19(18)28-12-29-20/h3-4,7-9,12-13,27H,1-2,5-6,10-11H2,(H,26,28,29)/t13-/m0/s1. The first-order valence-corrected chi connectivity index (χ1v) is 10.3. The Morgan fingerprint density at radius 1 is 1.29 bits per heavy atom. The number of nitrogens with one attached hydrogen (secondary N) is 2. The minimum Gasteiger partial charge on any atom is -0.378 e. The molecule has 0 amide bonds. The highest BCUT2D eigenvalue weighted by Gasteiger charge is 2.31. The maximum Gasteiger partial charge on any atom is 0.416 e. The third kappa shape index (κ3) is 5.10. The van der Waals surface area contributed by atoms with E-state index in [9.17, 15) is 18.0 Å². The predicted molar refractivity (Wildman–Crippen MR) is 113 cm³/mol. The summed E-state index contributed by atoms with van der Waals surface area (Å²) in [5, 5.41) is 3.69. The first kappa shape index (κ1) is 21.4. The van der Waals surface area contributed by atoms with E-state index in [-0.39, 0.29) is 29.0 Å². The fraction of sp³-hybridized carbons (Fsp3) is 0.381. The van der Waals surface area contributed by atoms with Crippen LogP contribution in [0.15, 0.2) is 36.8 Å². The number of piperidine rings is 1. The number of carbonyl (C=O) groups excluding carboxylic acids is 1. The molecule has 164 valence electrons. The van der Waals surface area contributed by atoms with Gasteiger partial charge in [0.2, 0.25) is 0 Å². The monoisotopic (exact) mass is 451 g/mol. The number of fused-ring (bicyclic) bond motifs is 1. The maximum atomic E-state index is 12.9. The summed E-state index contributed by atoms with van der Waals surface area (Å²) >= 11 is 5.79. The Bertz CT molecular complexity index is 1080. The lowest BCUT2D eigenvalue weighted by atomic mass is 9.92. The van der Waals surface area contributed by atoms with Crippen LogP contribution in [-0.4, -0.2) is 40.4 Å². The molecule has 3 heterocycles. The molecule has 1 aliphatic rings. The molecular weight excluding hydrogens is 431 g/mol. The fourth-order valence-electron chi connectivity index (χ4n) is 3.98. The van der Waals surface area contributed by atoms with Crippen molar-refractivity contribution in [3.05, 3.63) is 47.4 Å². The summed E-state index contributed by atoms with van der Waals surface area (Å²) in [6.07, 6.45) is 1.04. The van der Waals surface area contributed by atoms with Crippen molar-refractivity contribution in [1.29, 1.82) is 0 Å². The van der Waals surface area contributed by atoms with E-state index in [4.69, 9.17) is 11.6 Å². The number of hydrogen-bond acceptors (Lipinski definition) is 5. The number of carbonyl (C=O) groups is 1. The van der Waals surface area contributed by atoms with Gasteiger partial charge in [-0.1, -0.05) is 11.6 Å². The highest BCUT2D eigenvalue weighted by Crippen LogP contribution is 2.33. The quantitative estimate of drug-likeness (QED) is 0.556. The van der Waals surface area contributed by atoms with E-state index in [1.165, 1.54) is 12.4 Å². The molecule has 10 heteroatoms. The van der Waals surface area contributed by atoms with Crippen molar-refractivity contribution >= 4 is 39.9 Å². The Balaban J connectivity index is 1.36. The zero-order valence-corrected chi connectivity index (χ0v) is 17.3. The summed E-state index contributed by atoms with van der Waals surface area (Å²) in [6.45, 7) is 1.49. The number of rotatable bonds is 6. The van der Waals surface area contributed by atoms with Crippen LogP contribution in [0.25, 0.3) is 11.0 Å². The number of aromatic amines is 1. The van der Waals surface area contributed by atoms with Gasteiger partial charge < -0.3 is 15.2 Å². The van der Waals surface area contributed by atoms with Crippen LogP contribution in [0.4, 0.5) is 24.7 Å². The molecule has 1 atom stereocenters. The molecular formula is C21H21ClF3N5O. The SMILES string of the molecule is O=C(CNc1cc(Cl)cc(C(F)(F)F)c1)C[C@@H]1CCCN(c2ncnc3[nH]ccc23)C1. The van der Waals surface area contributed by atoms with Gasteiger partial charge >= 0.3 is 6.18 Å². The Morgan fingerprint density at radius 3 is 2.94 bits per heavy atom. The zero-order valence-electron chi connectivity index (χ0n) is 16.5. The fourth-order valence-corrected chi connectivity index (χ4v) is 4.22. The molecule has 4 rings (SSSR count). The van der Waals surface area contributed by atoms with Crippen molar-refractivity contribution in [2.45, 2.75) is 25.4 Å². The van der Waals surface area contributed by atoms with Crippen molar-refractivity contribution in [1.82, 2.24) is 15.0 Å². The van der Waals surface area contributed by atoms with E-state index in [1.807, 2.05) is 12.3 Å². The summed E-state index contributed by atoms with van der Waals surface area (Å²) in [5.41, 5.74) is 0.0974. The maximum absolute atomic E-state index is 12.9. The largest absolute Gasteiger partial charge is 0.416 e. The van der Waals surface area contributed by atoms with Gasteiger partial charge in [0, 0.05) is 36.4 Å². The van der Waals surface area contributed by atoms with Gasteiger partial charge in [-0.05, 0) is 43.0 Å². The Kier molecular flexibility index (Phi) is 6.04. The third-order valence-electron chi connectivity index (χ3n) is 5.38. The molecule has 0 bridgehead atoms.